The summed E-state index contributed by atoms with van der Waals surface area (Å²) in [7, 11) is -3.75. The number of hydrogen-bond donors (Lipinski definition) is 1. The number of fused-ring (bicyclic) bond motifs is 1. The van der Waals surface area contributed by atoms with Crippen LogP contribution in [-0.2, 0) is 21.3 Å². The molecule has 8 nitrogen and oxygen atoms in total. The summed E-state index contributed by atoms with van der Waals surface area (Å²) in [5.74, 6) is 0.737. The number of nitrogens with zero attached hydrogens (tertiary/aromatic N) is 4. The molecule has 1 N–H and O–H groups in total. The van der Waals surface area contributed by atoms with Crippen molar-refractivity contribution in [3.8, 4) is 0 Å². The number of benzene rings is 1. The number of nitrogens with one attached hydrogen (secondary N) is 1. The molecule has 0 unspecified atom stereocenters. The first kappa shape index (κ1) is 16.6. The van der Waals surface area contributed by atoms with Crippen molar-refractivity contribution in [2.24, 2.45) is 0 Å². The van der Waals surface area contributed by atoms with Crippen molar-refractivity contribution < 1.29 is 13.2 Å². The van der Waals surface area contributed by atoms with Gasteiger partial charge in [-0.25, -0.2) is 18.1 Å². The molecule has 2 atom stereocenters. The second kappa shape index (κ2) is 6.45. The van der Waals surface area contributed by atoms with Gasteiger partial charge in [0, 0.05) is 25.5 Å². The Bertz CT molecular complexity index is 997. The summed E-state index contributed by atoms with van der Waals surface area (Å²) in [5, 5.41) is 0. The van der Waals surface area contributed by atoms with Crippen LogP contribution in [0, 0.1) is 0 Å². The zero-order valence-corrected chi connectivity index (χ0v) is 15.1. The average molecular weight is 379 g/mol. The van der Waals surface area contributed by atoms with Gasteiger partial charge < -0.3 is 9.30 Å². The molecule has 0 radical (unpaired) electrons. The Kier molecular flexibility index (Phi) is 4.28. The van der Waals surface area contributed by atoms with Gasteiger partial charge in [-0.3, -0.25) is 0 Å². The van der Waals surface area contributed by atoms with E-state index in [0.29, 0.717) is 24.1 Å². The van der Waals surface area contributed by atoms with Crippen molar-refractivity contribution in [1.82, 2.24) is 23.0 Å². The van der Waals surface area contributed by atoms with E-state index in [4.69, 9.17) is 4.74 Å². The van der Waals surface area contributed by atoms with E-state index in [-0.39, 0.29) is 10.9 Å². The minimum Gasteiger partial charge on any atom is -0.369 e. The van der Waals surface area contributed by atoms with Crippen molar-refractivity contribution in [2.45, 2.75) is 36.9 Å². The minimum atomic E-state index is -3.75. The predicted octanol–water partition coefficient (Wildman–Crippen LogP) is 1.72. The maximum absolute atomic E-state index is 12.9. The summed E-state index contributed by atoms with van der Waals surface area (Å²) in [4.78, 5) is 4.49. The third-order valence-corrected chi connectivity index (χ3v) is 6.34. The van der Waals surface area contributed by atoms with Gasteiger partial charge in [0.25, 0.3) is 0 Å². The fourth-order valence-electron chi connectivity index (χ4n) is 3.07. The Labute approximate surface area is 149 Å². The maximum Gasteiger partial charge on any atom is 0.243 e. The number of ether oxygens (including phenoxy) is 1. The number of hydrogen-bond acceptors (Lipinski definition) is 7. The Morgan fingerprint density at radius 2 is 2.28 bits per heavy atom. The van der Waals surface area contributed by atoms with E-state index in [9.17, 15) is 8.42 Å². The van der Waals surface area contributed by atoms with Crippen molar-refractivity contribution in [3.05, 3.63) is 36.4 Å². The Balaban J connectivity index is 1.65. The first-order valence-electron chi connectivity index (χ1n) is 7.96. The van der Waals surface area contributed by atoms with Gasteiger partial charge in [-0.05, 0) is 25.5 Å². The van der Waals surface area contributed by atoms with E-state index >= 15 is 0 Å². The van der Waals surface area contributed by atoms with Crippen LogP contribution in [0.2, 0.25) is 0 Å². The molecule has 1 fully saturated rings. The van der Waals surface area contributed by atoms with Crippen molar-refractivity contribution in [3.63, 3.8) is 0 Å². The lowest BCUT2D eigenvalue weighted by Crippen LogP contribution is -2.37. The molecule has 1 aliphatic heterocycles. The third kappa shape index (κ3) is 2.95. The molecule has 0 aliphatic carbocycles. The summed E-state index contributed by atoms with van der Waals surface area (Å²) >= 11 is 0.999. The number of imidazole rings is 1. The minimum absolute atomic E-state index is 0.142. The summed E-state index contributed by atoms with van der Waals surface area (Å²) < 4.78 is 44.6. The van der Waals surface area contributed by atoms with Crippen LogP contribution in [0.1, 0.15) is 25.3 Å². The first-order chi connectivity index (χ1) is 12.1. The summed E-state index contributed by atoms with van der Waals surface area (Å²) in [6.07, 6.45) is 3.75. The van der Waals surface area contributed by atoms with Gasteiger partial charge in [-0.15, -0.1) is 0 Å². The highest BCUT2D eigenvalue weighted by Gasteiger charge is 2.36. The van der Waals surface area contributed by atoms with E-state index in [1.54, 1.807) is 24.4 Å². The van der Waals surface area contributed by atoms with Gasteiger partial charge in [-0.2, -0.15) is 8.75 Å². The highest BCUT2D eigenvalue weighted by molar-refractivity contribution is 7.89. The molecule has 1 saturated heterocycles. The maximum atomic E-state index is 12.9. The molecule has 0 bridgehead atoms. The normalized spacial score (nSPS) is 21.2. The molecule has 4 rings (SSSR count). The SMILES string of the molecule is CCn1ccnc1[C@@H]1OCC[C@H]1NS(=O)(=O)c1cccc2nsnc12. The predicted molar refractivity (Wildman–Crippen MR) is 92.7 cm³/mol. The smallest absolute Gasteiger partial charge is 0.243 e. The molecule has 2 aromatic heterocycles. The summed E-state index contributed by atoms with van der Waals surface area (Å²) in [6.45, 7) is 3.24. The van der Waals surface area contributed by atoms with Crippen LogP contribution in [0.3, 0.4) is 0 Å². The average Bonchev–Trinajstić information content (AvgIpc) is 3.33. The second-order valence-corrected chi connectivity index (χ2v) is 7.98. The monoisotopic (exact) mass is 379 g/mol. The van der Waals surface area contributed by atoms with Gasteiger partial charge in [-0.1, -0.05) is 6.07 Å². The van der Waals surface area contributed by atoms with Gasteiger partial charge >= 0.3 is 0 Å². The number of rotatable bonds is 5. The van der Waals surface area contributed by atoms with E-state index in [2.05, 4.69) is 18.5 Å². The van der Waals surface area contributed by atoms with Gasteiger partial charge in [0.15, 0.2) is 0 Å². The van der Waals surface area contributed by atoms with Crippen molar-refractivity contribution >= 4 is 32.8 Å². The Morgan fingerprint density at radius 3 is 3.12 bits per heavy atom. The topological polar surface area (TPSA) is 99.0 Å². The van der Waals surface area contributed by atoms with E-state index in [0.717, 1.165) is 24.1 Å². The van der Waals surface area contributed by atoms with E-state index in [1.807, 2.05) is 17.7 Å². The number of aryl methyl sites for hydroxylation is 1. The van der Waals surface area contributed by atoms with Crippen LogP contribution in [0.15, 0.2) is 35.5 Å². The van der Waals surface area contributed by atoms with Gasteiger partial charge in [0.05, 0.1) is 17.8 Å². The molecule has 3 aromatic rings. The summed E-state index contributed by atoms with van der Waals surface area (Å²) in [6, 6.07) is 4.59. The molecular weight excluding hydrogens is 362 g/mol. The Hall–Kier alpha value is -1.88. The molecule has 3 heterocycles. The number of aromatic nitrogens is 4. The van der Waals surface area contributed by atoms with E-state index in [1.165, 1.54) is 0 Å². The highest BCUT2D eigenvalue weighted by atomic mass is 32.2. The van der Waals surface area contributed by atoms with Crippen LogP contribution in [0.4, 0.5) is 0 Å². The number of sulfonamides is 1. The molecule has 10 heteroatoms. The largest absolute Gasteiger partial charge is 0.369 e. The van der Waals surface area contributed by atoms with Crippen LogP contribution < -0.4 is 4.72 Å². The lowest BCUT2D eigenvalue weighted by atomic mass is 10.1. The van der Waals surface area contributed by atoms with Crippen molar-refractivity contribution in [2.75, 3.05) is 6.61 Å². The van der Waals surface area contributed by atoms with Crippen LogP contribution >= 0.6 is 11.7 Å². The quantitative estimate of drug-likeness (QED) is 0.725. The molecule has 25 heavy (non-hydrogen) atoms. The molecule has 0 saturated carbocycles. The molecule has 1 aliphatic rings. The van der Waals surface area contributed by atoms with Gasteiger partial charge in [0.1, 0.15) is 27.9 Å². The second-order valence-electron chi connectivity index (χ2n) is 5.77. The fourth-order valence-corrected chi connectivity index (χ4v) is 5.11. The molecule has 132 valence electrons. The molecular formula is C15H17N5O3S2. The molecule has 1 aromatic carbocycles. The van der Waals surface area contributed by atoms with Crippen molar-refractivity contribution in [1.29, 1.82) is 0 Å². The van der Waals surface area contributed by atoms with E-state index < -0.39 is 16.1 Å². The van der Waals surface area contributed by atoms with Crippen LogP contribution in [0.5, 0.6) is 0 Å². The lowest BCUT2D eigenvalue weighted by Gasteiger charge is -2.20. The zero-order valence-electron chi connectivity index (χ0n) is 13.5. The molecule has 0 spiro atoms. The third-order valence-electron chi connectivity index (χ3n) is 4.28. The highest BCUT2D eigenvalue weighted by Crippen LogP contribution is 2.30. The summed E-state index contributed by atoms with van der Waals surface area (Å²) in [5.41, 5.74) is 0.971. The molecule has 0 amide bonds. The Morgan fingerprint density at radius 1 is 1.40 bits per heavy atom. The lowest BCUT2D eigenvalue weighted by molar-refractivity contribution is 0.0926. The standard InChI is InChI=1S/C15H17N5O3S2/c1-2-20-8-7-16-15(20)14-11(6-9-23-14)19-25(21,22)12-5-3-4-10-13(12)18-24-17-10/h3-5,7-8,11,14,19H,2,6,9H2,1H3/t11-,14-/m1/s1. The zero-order chi connectivity index (χ0) is 17.4. The van der Waals surface area contributed by atoms with Crippen LogP contribution in [0.25, 0.3) is 11.0 Å². The fraction of sp³-hybridized carbons (Fsp3) is 0.400. The van der Waals surface area contributed by atoms with Crippen LogP contribution in [-0.4, -0.2) is 39.4 Å². The first-order valence-corrected chi connectivity index (χ1v) is 10.2. The van der Waals surface area contributed by atoms with Gasteiger partial charge in [0.2, 0.25) is 10.0 Å².